The van der Waals surface area contributed by atoms with E-state index >= 15 is 0 Å². The first kappa shape index (κ1) is 13.7. The summed E-state index contributed by atoms with van der Waals surface area (Å²) in [5, 5.41) is 5.76. The molecule has 5 nitrogen and oxygen atoms in total. The lowest BCUT2D eigenvalue weighted by molar-refractivity contribution is -0.125. The predicted molar refractivity (Wildman–Crippen MR) is 74.7 cm³/mol. The van der Waals surface area contributed by atoms with E-state index in [1.165, 1.54) is 0 Å². The maximum Gasteiger partial charge on any atom is 0.243 e. The van der Waals surface area contributed by atoms with Crippen molar-refractivity contribution >= 4 is 17.2 Å². The van der Waals surface area contributed by atoms with Crippen molar-refractivity contribution in [2.75, 3.05) is 0 Å². The topological polar surface area (TPSA) is 59.8 Å². The molecule has 6 heteroatoms. The second-order valence-electron chi connectivity index (χ2n) is 4.80. The average Bonchev–Trinajstić information content (AvgIpc) is 3.05. The summed E-state index contributed by atoms with van der Waals surface area (Å²) in [5.74, 6) is 0.458. The van der Waals surface area contributed by atoms with Gasteiger partial charge in [-0.15, -0.1) is 11.3 Å². The highest BCUT2D eigenvalue weighted by molar-refractivity contribution is 7.09. The number of hydrogen-bond acceptors (Lipinski definition) is 4. The summed E-state index contributed by atoms with van der Waals surface area (Å²) in [6.07, 6.45) is 7.75. The van der Waals surface area contributed by atoms with E-state index in [-0.39, 0.29) is 11.9 Å². The number of carbonyl (C=O) groups is 1. The van der Waals surface area contributed by atoms with Gasteiger partial charge in [0.15, 0.2) is 0 Å². The fourth-order valence-corrected chi connectivity index (χ4v) is 2.44. The van der Waals surface area contributed by atoms with E-state index in [4.69, 9.17) is 0 Å². The summed E-state index contributed by atoms with van der Waals surface area (Å²) >= 11 is 1.54. The number of aromatic nitrogens is 3. The number of nitrogens with zero attached hydrogens (tertiary/aromatic N) is 3. The van der Waals surface area contributed by atoms with Gasteiger partial charge in [-0.2, -0.15) is 0 Å². The van der Waals surface area contributed by atoms with Crippen molar-refractivity contribution in [1.29, 1.82) is 0 Å². The number of amides is 1. The molecule has 2 aromatic heterocycles. The van der Waals surface area contributed by atoms with Crippen LogP contribution in [0.5, 0.6) is 0 Å². The fourth-order valence-electron chi connectivity index (χ4n) is 1.89. The lowest BCUT2D eigenvalue weighted by atomic mass is 10.0. The molecule has 19 heavy (non-hydrogen) atoms. The van der Waals surface area contributed by atoms with Crippen LogP contribution in [0, 0.1) is 5.92 Å². The number of thiazole rings is 1. The van der Waals surface area contributed by atoms with Crippen molar-refractivity contribution in [2.45, 2.75) is 32.9 Å². The number of rotatable bonds is 6. The van der Waals surface area contributed by atoms with Gasteiger partial charge in [-0.3, -0.25) is 4.79 Å². The Morgan fingerprint density at radius 1 is 1.47 bits per heavy atom. The minimum Gasteiger partial charge on any atom is -0.348 e. The molecule has 0 spiro atoms. The molecule has 0 aliphatic heterocycles. The van der Waals surface area contributed by atoms with Gasteiger partial charge in [-0.05, 0) is 12.3 Å². The molecule has 0 aliphatic carbocycles. The zero-order chi connectivity index (χ0) is 13.7. The third-order valence-corrected chi connectivity index (χ3v) is 3.56. The molecule has 1 unspecified atom stereocenters. The smallest absolute Gasteiger partial charge is 0.243 e. The Hall–Kier alpha value is -1.69. The van der Waals surface area contributed by atoms with Gasteiger partial charge in [0.2, 0.25) is 5.91 Å². The standard InChI is InChI=1S/C13H18N4OS/c1-10(2)7-11(17-5-3-14-9-17)13(18)16-8-12-15-4-6-19-12/h3-6,9-11H,7-8H2,1-2H3,(H,16,18). The number of hydrogen-bond donors (Lipinski definition) is 1. The van der Waals surface area contributed by atoms with E-state index in [9.17, 15) is 4.79 Å². The maximum absolute atomic E-state index is 12.3. The van der Waals surface area contributed by atoms with Crippen molar-refractivity contribution in [2.24, 2.45) is 5.92 Å². The van der Waals surface area contributed by atoms with Gasteiger partial charge in [0.1, 0.15) is 11.0 Å². The fraction of sp³-hybridized carbons (Fsp3) is 0.462. The number of carbonyl (C=O) groups excluding carboxylic acids is 1. The SMILES string of the molecule is CC(C)CC(C(=O)NCc1nccs1)n1ccnc1. The van der Waals surface area contributed by atoms with E-state index < -0.39 is 0 Å². The maximum atomic E-state index is 12.3. The normalized spacial score (nSPS) is 12.6. The number of imidazole rings is 1. The highest BCUT2D eigenvalue weighted by atomic mass is 32.1. The zero-order valence-corrected chi connectivity index (χ0v) is 11.9. The van der Waals surface area contributed by atoms with Crippen molar-refractivity contribution in [3.63, 3.8) is 0 Å². The van der Waals surface area contributed by atoms with Crippen molar-refractivity contribution < 1.29 is 4.79 Å². The van der Waals surface area contributed by atoms with E-state index in [1.54, 1.807) is 30.1 Å². The first-order valence-electron chi connectivity index (χ1n) is 6.30. The van der Waals surface area contributed by atoms with Crippen LogP contribution in [0.25, 0.3) is 0 Å². The Morgan fingerprint density at radius 2 is 2.32 bits per heavy atom. The van der Waals surface area contributed by atoms with E-state index in [0.717, 1.165) is 11.4 Å². The van der Waals surface area contributed by atoms with E-state index in [2.05, 4.69) is 29.1 Å². The van der Waals surface area contributed by atoms with Crippen LogP contribution in [0.3, 0.4) is 0 Å². The molecule has 2 aromatic rings. The van der Waals surface area contributed by atoms with Gasteiger partial charge in [-0.25, -0.2) is 9.97 Å². The quantitative estimate of drug-likeness (QED) is 0.881. The van der Waals surface area contributed by atoms with Crippen LogP contribution < -0.4 is 5.32 Å². The van der Waals surface area contributed by atoms with Crippen LogP contribution in [-0.4, -0.2) is 20.4 Å². The molecule has 0 fully saturated rings. The summed E-state index contributed by atoms with van der Waals surface area (Å²) in [6.45, 7) is 4.70. The van der Waals surface area contributed by atoms with Crippen molar-refractivity contribution in [3.8, 4) is 0 Å². The van der Waals surface area contributed by atoms with Crippen molar-refractivity contribution in [1.82, 2.24) is 19.9 Å². The Morgan fingerprint density at radius 3 is 2.89 bits per heavy atom. The lowest BCUT2D eigenvalue weighted by Crippen LogP contribution is -2.32. The Kier molecular flexibility index (Phi) is 4.68. The van der Waals surface area contributed by atoms with Gasteiger partial charge >= 0.3 is 0 Å². The second-order valence-corrected chi connectivity index (χ2v) is 5.78. The first-order chi connectivity index (χ1) is 9.16. The third-order valence-electron chi connectivity index (χ3n) is 2.78. The van der Waals surface area contributed by atoms with Crippen LogP contribution >= 0.6 is 11.3 Å². The molecule has 0 aromatic carbocycles. The van der Waals surface area contributed by atoms with Crippen LogP contribution in [0.2, 0.25) is 0 Å². The highest BCUT2D eigenvalue weighted by Crippen LogP contribution is 2.17. The molecule has 0 aliphatic rings. The Bertz CT molecular complexity index is 493. The highest BCUT2D eigenvalue weighted by Gasteiger charge is 2.21. The summed E-state index contributed by atoms with van der Waals surface area (Å²) < 4.78 is 1.86. The Labute approximate surface area is 116 Å². The van der Waals surface area contributed by atoms with Crippen LogP contribution in [0.1, 0.15) is 31.3 Å². The van der Waals surface area contributed by atoms with E-state index in [0.29, 0.717) is 12.5 Å². The summed E-state index contributed by atoms with van der Waals surface area (Å²) in [7, 11) is 0. The van der Waals surface area contributed by atoms with Crippen LogP contribution in [0.4, 0.5) is 0 Å². The second kappa shape index (κ2) is 6.47. The van der Waals surface area contributed by atoms with Crippen molar-refractivity contribution in [3.05, 3.63) is 35.3 Å². The zero-order valence-electron chi connectivity index (χ0n) is 11.1. The molecule has 1 amide bonds. The molecule has 2 rings (SSSR count). The molecule has 2 heterocycles. The summed E-state index contributed by atoms with van der Waals surface area (Å²) in [4.78, 5) is 20.5. The molecule has 0 radical (unpaired) electrons. The van der Waals surface area contributed by atoms with Gasteiger partial charge in [0.05, 0.1) is 12.9 Å². The van der Waals surface area contributed by atoms with Gasteiger partial charge in [0.25, 0.3) is 0 Å². The molecule has 0 saturated heterocycles. The molecular formula is C13H18N4OS. The number of nitrogens with one attached hydrogen (secondary N) is 1. The monoisotopic (exact) mass is 278 g/mol. The van der Waals surface area contributed by atoms with Crippen LogP contribution in [-0.2, 0) is 11.3 Å². The summed E-state index contributed by atoms with van der Waals surface area (Å²) in [6, 6.07) is -0.206. The van der Waals surface area contributed by atoms with Gasteiger partial charge in [-0.1, -0.05) is 13.8 Å². The van der Waals surface area contributed by atoms with Gasteiger partial charge < -0.3 is 9.88 Å². The molecule has 0 saturated carbocycles. The molecule has 0 bridgehead atoms. The van der Waals surface area contributed by atoms with Crippen LogP contribution in [0.15, 0.2) is 30.3 Å². The van der Waals surface area contributed by atoms with Gasteiger partial charge in [0, 0.05) is 24.0 Å². The molecule has 102 valence electrons. The minimum absolute atomic E-state index is 0.0156. The predicted octanol–water partition coefficient (Wildman–Crippen LogP) is 2.24. The Balaban J connectivity index is 1.99. The molecule has 1 N–H and O–H groups in total. The van der Waals surface area contributed by atoms with E-state index in [1.807, 2.05) is 16.1 Å². The largest absolute Gasteiger partial charge is 0.348 e. The minimum atomic E-state index is -0.206. The third kappa shape index (κ3) is 3.89. The summed E-state index contributed by atoms with van der Waals surface area (Å²) in [5.41, 5.74) is 0. The molecule has 1 atom stereocenters. The average molecular weight is 278 g/mol. The lowest BCUT2D eigenvalue weighted by Gasteiger charge is -2.19. The molecular weight excluding hydrogens is 260 g/mol. The first-order valence-corrected chi connectivity index (χ1v) is 7.18.